The average molecular weight is 443 g/mol. The number of hydrogen-bond acceptors (Lipinski definition) is 5. The molecule has 1 atom stereocenters. The Kier molecular flexibility index (Phi) is 5.83. The van der Waals surface area contributed by atoms with Gasteiger partial charge in [-0.3, -0.25) is 9.89 Å². The number of nitrogens with one attached hydrogen (secondary N) is 1. The molecule has 0 amide bonds. The van der Waals surface area contributed by atoms with Gasteiger partial charge in [0.1, 0.15) is 17.8 Å². The Morgan fingerprint density at radius 3 is 2.55 bits per heavy atom. The third-order valence-electron chi connectivity index (χ3n) is 6.97. The zero-order chi connectivity index (χ0) is 22.8. The van der Waals surface area contributed by atoms with Crippen molar-refractivity contribution in [3.63, 3.8) is 0 Å². The van der Waals surface area contributed by atoms with Crippen LogP contribution < -0.4 is 0 Å². The topological polar surface area (TPSA) is 80.2 Å². The van der Waals surface area contributed by atoms with Crippen LogP contribution in [0, 0.1) is 6.92 Å². The number of oxime groups is 1. The largest absolute Gasteiger partial charge is 0.389 e. The molecule has 5 rings (SSSR count). The summed E-state index contributed by atoms with van der Waals surface area (Å²) in [5.41, 5.74) is 5.79. The number of nitrogens with zero attached hydrogens (tertiary/aromatic N) is 3. The third kappa shape index (κ3) is 4.61. The van der Waals surface area contributed by atoms with E-state index in [2.05, 4.69) is 57.6 Å². The van der Waals surface area contributed by atoms with Gasteiger partial charge in [0.15, 0.2) is 5.78 Å². The number of aryl methyl sites for hydroxylation is 1. The van der Waals surface area contributed by atoms with Gasteiger partial charge in [0.05, 0.1) is 5.71 Å². The molecule has 1 aliphatic carbocycles. The first kappa shape index (κ1) is 21.6. The second-order valence-electron chi connectivity index (χ2n) is 9.61. The molecule has 1 saturated carbocycles. The highest BCUT2D eigenvalue weighted by Crippen LogP contribution is 2.40. The van der Waals surface area contributed by atoms with Gasteiger partial charge < -0.3 is 4.84 Å². The standard InChI is InChI=1S/C27H30N4O2/c1-18-6-8-20(9-7-18)21-13-22(24-16-27(33-31-24)10-4-3-5-11-27)15-23(14-21)25(32)12-19(2)26-28-17-29-30-26/h6-9,13-15,17,19H,3-5,10-12,16H2,1-2H3,(H,28,29,30)/t19-/m0/s1. The fourth-order valence-electron chi connectivity index (χ4n) is 4.95. The Bertz CT molecular complexity index is 1160. The van der Waals surface area contributed by atoms with Gasteiger partial charge >= 0.3 is 0 Å². The second kappa shape index (κ2) is 8.93. The molecule has 6 nitrogen and oxygen atoms in total. The predicted octanol–water partition coefficient (Wildman–Crippen LogP) is 5.98. The van der Waals surface area contributed by atoms with Gasteiger partial charge in [-0.25, -0.2) is 4.98 Å². The molecule has 1 aliphatic heterocycles. The van der Waals surface area contributed by atoms with Gasteiger partial charge in [0.25, 0.3) is 0 Å². The van der Waals surface area contributed by atoms with Crippen molar-refractivity contribution in [1.29, 1.82) is 0 Å². The molecule has 1 N–H and O–H groups in total. The molecule has 2 aromatic carbocycles. The van der Waals surface area contributed by atoms with Crippen LogP contribution >= 0.6 is 0 Å². The fourth-order valence-corrected chi connectivity index (χ4v) is 4.95. The molecule has 1 aromatic heterocycles. The number of aromatic amines is 1. The Balaban J connectivity index is 1.47. The SMILES string of the molecule is Cc1ccc(-c2cc(C(=O)C[C@H](C)c3ncn[nH]3)cc(C3=NOC4(CCCCC4)C3)c2)cc1. The summed E-state index contributed by atoms with van der Waals surface area (Å²) in [5.74, 6) is 0.774. The minimum absolute atomic E-state index is 0.0378. The van der Waals surface area contributed by atoms with Crippen LogP contribution in [0.25, 0.3) is 11.1 Å². The quantitative estimate of drug-likeness (QED) is 0.476. The number of hydrogen-bond donors (Lipinski definition) is 1. The van der Waals surface area contributed by atoms with Crippen molar-refractivity contribution in [3.05, 3.63) is 71.3 Å². The summed E-state index contributed by atoms with van der Waals surface area (Å²) in [7, 11) is 0. The maximum Gasteiger partial charge on any atom is 0.163 e. The van der Waals surface area contributed by atoms with Gasteiger partial charge in [0.2, 0.25) is 0 Å². The van der Waals surface area contributed by atoms with Gasteiger partial charge in [-0.1, -0.05) is 48.3 Å². The zero-order valence-corrected chi connectivity index (χ0v) is 19.3. The zero-order valence-electron chi connectivity index (χ0n) is 19.3. The summed E-state index contributed by atoms with van der Waals surface area (Å²) in [6.07, 6.45) is 8.41. The highest BCUT2D eigenvalue weighted by molar-refractivity contribution is 6.06. The first-order valence-electron chi connectivity index (χ1n) is 11.9. The van der Waals surface area contributed by atoms with E-state index in [0.717, 1.165) is 47.5 Å². The van der Waals surface area contributed by atoms with Crippen LogP contribution in [0.1, 0.15) is 85.1 Å². The number of benzene rings is 2. The predicted molar refractivity (Wildman–Crippen MR) is 128 cm³/mol. The lowest BCUT2D eigenvalue weighted by Gasteiger charge is -2.30. The van der Waals surface area contributed by atoms with E-state index in [0.29, 0.717) is 12.0 Å². The molecule has 0 unspecified atom stereocenters. The molecule has 2 heterocycles. The van der Waals surface area contributed by atoms with E-state index in [1.165, 1.54) is 31.2 Å². The third-order valence-corrected chi connectivity index (χ3v) is 6.97. The van der Waals surface area contributed by atoms with Crippen molar-refractivity contribution in [3.8, 4) is 11.1 Å². The summed E-state index contributed by atoms with van der Waals surface area (Å²) in [6.45, 7) is 4.07. The highest BCUT2D eigenvalue weighted by Gasteiger charge is 2.40. The van der Waals surface area contributed by atoms with Gasteiger partial charge in [-0.15, -0.1) is 0 Å². The van der Waals surface area contributed by atoms with E-state index in [9.17, 15) is 4.79 Å². The molecule has 170 valence electrons. The van der Waals surface area contributed by atoms with Crippen LogP contribution in [0.4, 0.5) is 0 Å². The van der Waals surface area contributed by atoms with E-state index >= 15 is 0 Å². The van der Waals surface area contributed by atoms with Crippen molar-refractivity contribution in [2.45, 2.75) is 70.3 Å². The Morgan fingerprint density at radius 2 is 1.82 bits per heavy atom. The normalized spacial score (nSPS) is 18.1. The lowest BCUT2D eigenvalue weighted by molar-refractivity contribution is -0.0449. The van der Waals surface area contributed by atoms with Crippen molar-refractivity contribution < 1.29 is 9.63 Å². The molecule has 2 aliphatic rings. The van der Waals surface area contributed by atoms with Gasteiger partial charge in [-0.05, 0) is 61.9 Å². The first-order chi connectivity index (χ1) is 16.0. The van der Waals surface area contributed by atoms with Crippen LogP contribution in [0.2, 0.25) is 0 Å². The van der Waals surface area contributed by atoms with Crippen LogP contribution in [0.5, 0.6) is 0 Å². The minimum atomic E-state index is -0.154. The lowest BCUT2D eigenvalue weighted by atomic mass is 9.80. The molecule has 0 radical (unpaired) electrons. The molecular weight excluding hydrogens is 412 g/mol. The maximum absolute atomic E-state index is 13.3. The molecule has 33 heavy (non-hydrogen) atoms. The van der Waals surface area contributed by atoms with Crippen LogP contribution in [0.15, 0.2) is 53.9 Å². The van der Waals surface area contributed by atoms with E-state index in [1.807, 2.05) is 19.1 Å². The number of rotatable bonds is 6. The highest BCUT2D eigenvalue weighted by atomic mass is 16.7. The second-order valence-corrected chi connectivity index (χ2v) is 9.61. The van der Waals surface area contributed by atoms with Crippen molar-refractivity contribution in [2.75, 3.05) is 0 Å². The average Bonchev–Trinajstić information content (AvgIpc) is 3.51. The number of Topliss-reactive ketones (excluding diaryl/α,β-unsaturated/α-hetero) is 1. The van der Waals surface area contributed by atoms with E-state index in [1.54, 1.807) is 0 Å². The van der Waals surface area contributed by atoms with Gasteiger partial charge in [-0.2, -0.15) is 5.10 Å². The Hall–Kier alpha value is -3.28. The molecule has 1 fully saturated rings. The van der Waals surface area contributed by atoms with Crippen LogP contribution in [-0.2, 0) is 4.84 Å². The summed E-state index contributed by atoms with van der Waals surface area (Å²) in [4.78, 5) is 23.5. The number of carbonyl (C=O) groups is 1. The maximum atomic E-state index is 13.3. The first-order valence-corrected chi connectivity index (χ1v) is 11.9. The number of H-pyrrole nitrogens is 1. The Morgan fingerprint density at radius 1 is 1.06 bits per heavy atom. The monoisotopic (exact) mass is 442 g/mol. The number of aromatic nitrogens is 3. The van der Waals surface area contributed by atoms with Crippen LogP contribution in [-0.4, -0.2) is 32.3 Å². The van der Waals surface area contributed by atoms with E-state index < -0.39 is 0 Å². The molecule has 0 saturated heterocycles. The Labute approximate surface area is 194 Å². The summed E-state index contributed by atoms with van der Waals surface area (Å²) >= 11 is 0. The smallest absolute Gasteiger partial charge is 0.163 e. The van der Waals surface area contributed by atoms with E-state index in [-0.39, 0.29) is 17.3 Å². The van der Waals surface area contributed by atoms with E-state index in [4.69, 9.17) is 4.84 Å². The molecular formula is C27H30N4O2. The van der Waals surface area contributed by atoms with Crippen LogP contribution in [0.3, 0.4) is 0 Å². The number of carbonyl (C=O) groups excluding carboxylic acids is 1. The molecule has 1 spiro atoms. The number of ketones is 1. The molecule has 6 heteroatoms. The summed E-state index contributed by atoms with van der Waals surface area (Å²) in [6, 6.07) is 14.5. The minimum Gasteiger partial charge on any atom is -0.389 e. The van der Waals surface area contributed by atoms with Crippen molar-refractivity contribution >= 4 is 11.5 Å². The summed E-state index contributed by atoms with van der Waals surface area (Å²) in [5, 5.41) is 11.3. The molecule has 3 aromatic rings. The van der Waals surface area contributed by atoms with Gasteiger partial charge in [0, 0.05) is 29.9 Å². The fraction of sp³-hybridized carbons (Fsp3) is 0.407. The molecule has 0 bridgehead atoms. The lowest BCUT2D eigenvalue weighted by Crippen LogP contribution is -2.31. The van der Waals surface area contributed by atoms with Crippen molar-refractivity contribution in [1.82, 2.24) is 15.2 Å². The van der Waals surface area contributed by atoms with Crippen molar-refractivity contribution in [2.24, 2.45) is 5.16 Å². The summed E-state index contributed by atoms with van der Waals surface area (Å²) < 4.78 is 0.